The Kier molecular flexibility index (Phi) is 3.19. The largest absolute Gasteiger partial charge is 0.504 e. The fourth-order valence-electron chi connectivity index (χ4n) is 1.46. The van der Waals surface area contributed by atoms with E-state index in [-0.39, 0.29) is 14.8 Å². The normalized spacial score (nSPS) is 11.4. The van der Waals surface area contributed by atoms with Crippen LogP contribution in [-0.4, -0.2) is 18.6 Å². The van der Waals surface area contributed by atoms with E-state index < -0.39 is 21.3 Å². The average molecular weight is 285 g/mol. The highest BCUT2D eigenvalue weighted by Crippen LogP contribution is 2.36. The molecule has 4 nitrogen and oxygen atoms in total. The van der Waals surface area contributed by atoms with E-state index in [4.69, 9.17) is 11.6 Å². The van der Waals surface area contributed by atoms with Crippen molar-refractivity contribution in [3.63, 3.8) is 0 Å². The fraction of sp³-hybridized carbons (Fsp3) is 0. The number of sulfone groups is 1. The summed E-state index contributed by atoms with van der Waals surface area (Å²) in [4.78, 5) is -0.178. The van der Waals surface area contributed by atoms with Gasteiger partial charge in [-0.2, -0.15) is 0 Å². The van der Waals surface area contributed by atoms with Crippen molar-refractivity contribution in [2.45, 2.75) is 9.79 Å². The van der Waals surface area contributed by atoms with Gasteiger partial charge in [-0.25, -0.2) is 8.42 Å². The molecule has 0 aliphatic carbocycles. The number of benzene rings is 2. The van der Waals surface area contributed by atoms with Gasteiger partial charge in [0.05, 0.1) is 14.8 Å². The Balaban J connectivity index is 2.66. The second kappa shape index (κ2) is 4.51. The van der Waals surface area contributed by atoms with E-state index in [0.717, 1.165) is 12.1 Å². The van der Waals surface area contributed by atoms with Crippen LogP contribution in [-0.2, 0) is 9.84 Å². The second-order valence-electron chi connectivity index (χ2n) is 3.59. The van der Waals surface area contributed by atoms with Crippen molar-refractivity contribution in [3.8, 4) is 11.5 Å². The summed E-state index contributed by atoms with van der Waals surface area (Å²) < 4.78 is 24.5. The van der Waals surface area contributed by atoms with Gasteiger partial charge in [0.1, 0.15) is 0 Å². The Morgan fingerprint density at radius 1 is 0.944 bits per heavy atom. The molecule has 0 amide bonds. The zero-order valence-electron chi connectivity index (χ0n) is 9.04. The molecule has 0 aliphatic heterocycles. The Morgan fingerprint density at radius 2 is 1.50 bits per heavy atom. The van der Waals surface area contributed by atoms with E-state index in [1.165, 1.54) is 12.1 Å². The molecule has 0 aromatic heterocycles. The minimum Gasteiger partial charge on any atom is -0.504 e. The zero-order valence-corrected chi connectivity index (χ0v) is 10.6. The summed E-state index contributed by atoms with van der Waals surface area (Å²) >= 11 is 5.79. The molecule has 2 N–H and O–H groups in total. The minimum absolute atomic E-state index is 0.0667. The number of phenols is 2. The predicted molar refractivity (Wildman–Crippen MR) is 66.7 cm³/mol. The summed E-state index contributed by atoms with van der Waals surface area (Å²) in [5.41, 5.74) is 0. The van der Waals surface area contributed by atoms with E-state index >= 15 is 0 Å². The van der Waals surface area contributed by atoms with Crippen molar-refractivity contribution in [1.29, 1.82) is 0 Å². The molecule has 0 atom stereocenters. The molecule has 0 bridgehead atoms. The van der Waals surface area contributed by atoms with Crippen LogP contribution in [0.3, 0.4) is 0 Å². The van der Waals surface area contributed by atoms with Crippen molar-refractivity contribution in [2.24, 2.45) is 0 Å². The highest BCUT2D eigenvalue weighted by Gasteiger charge is 2.22. The monoisotopic (exact) mass is 284 g/mol. The van der Waals surface area contributed by atoms with E-state index in [2.05, 4.69) is 0 Å². The molecule has 0 saturated carbocycles. The van der Waals surface area contributed by atoms with Gasteiger partial charge < -0.3 is 10.2 Å². The maximum absolute atomic E-state index is 12.2. The SMILES string of the molecule is O=S(=O)(c1ccccc1)c1cc(O)c(O)cc1Cl. The second-order valence-corrected chi connectivity index (χ2v) is 5.91. The third-order valence-corrected chi connectivity index (χ3v) is 4.61. The summed E-state index contributed by atoms with van der Waals surface area (Å²) in [6.45, 7) is 0. The average Bonchev–Trinajstić information content (AvgIpc) is 2.34. The van der Waals surface area contributed by atoms with Gasteiger partial charge in [0.25, 0.3) is 0 Å². The Morgan fingerprint density at radius 3 is 2.11 bits per heavy atom. The van der Waals surface area contributed by atoms with Crippen molar-refractivity contribution in [1.82, 2.24) is 0 Å². The lowest BCUT2D eigenvalue weighted by molar-refractivity contribution is 0.402. The summed E-state index contributed by atoms with van der Waals surface area (Å²) in [7, 11) is -3.81. The van der Waals surface area contributed by atoms with Crippen LogP contribution in [0.4, 0.5) is 0 Å². The van der Waals surface area contributed by atoms with Crippen LogP contribution >= 0.6 is 11.6 Å². The maximum Gasteiger partial charge on any atom is 0.208 e. The van der Waals surface area contributed by atoms with Gasteiger partial charge in [-0.3, -0.25) is 0 Å². The van der Waals surface area contributed by atoms with Gasteiger partial charge in [-0.1, -0.05) is 29.8 Å². The van der Waals surface area contributed by atoms with Crippen molar-refractivity contribution >= 4 is 21.4 Å². The smallest absolute Gasteiger partial charge is 0.208 e. The molecule has 0 unspecified atom stereocenters. The van der Waals surface area contributed by atoms with Crippen molar-refractivity contribution in [3.05, 3.63) is 47.5 Å². The van der Waals surface area contributed by atoms with Crippen LogP contribution in [0.5, 0.6) is 11.5 Å². The molecule has 0 spiro atoms. The molecular formula is C12H9ClO4S. The zero-order chi connectivity index (χ0) is 13.3. The number of phenolic OH excluding ortho intramolecular Hbond substituents is 2. The fourth-order valence-corrected chi connectivity index (χ4v) is 3.28. The first-order valence-corrected chi connectivity index (χ1v) is 6.80. The van der Waals surface area contributed by atoms with Crippen LogP contribution in [0.2, 0.25) is 5.02 Å². The van der Waals surface area contributed by atoms with Crippen LogP contribution in [0, 0.1) is 0 Å². The first kappa shape index (κ1) is 12.7. The minimum atomic E-state index is -3.81. The third-order valence-electron chi connectivity index (χ3n) is 2.37. The third kappa shape index (κ3) is 2.14. The van der Waals surface area contributed by atoms with Gasteiger partial charge >= 0.3 is 0 Å². The Labute approximate surface area is 109 Å². The van der Waals surface area contributed by atoms with Gasteiger partial charge in [-0.15, -0.1) is 0 Å². The molecule has 18 heavy (non-hydrogen) atoms. The van der Waals surface area contributed by atoms with E-state index in [1.807, 2.05) is 0 Å². The van der Waals surface area contributed by atoms with Crippen LogP contribution in [0.1, 0.15) is 0 Å². The quantitative estimate of drug-likeness (QED) is 0.831. The Hall–Kier alpha value is -1.72. The lowest BCUT2D eigenvalue weighted by atomic mass is 10.3. The van der Waals surface area contributed by atoms with Crippen LogP contribution < -0.4 is 0 Å². The summed E-state index contributed by atoms with van der Waals surface area (Å²) in [6, 6.07) is 9.63. The van der Waals surface area contributed by atoms with Gasteiger partial charge in [0.15, 0.2) is 11.5 Å². The number of rotatable bonds is 2. The highest BCUT2D eigenvalue weighted by molar-refractivity contribution is 7.91. The van der Waals surface area contributed by atoms with Crippen LogP contribution in [0.25, 0.3) is 0 Å². The van der Waals surface area contributed by atoms with E-state index in [1.54, 1.807) is 18.2 Å². The summed E-state index contributed by atoms with van der Waals surface area (Å²) in [5, 5.41) is 18.4. The standard InChI is InChI=1S/C12H9ClO4S/c13-9-6-10(14)11(15)7-12(9)18(16,17)8-4-2-1-3-5-8/h1-7,14-15H. The Bertz CT molecular complexity index is 681. The number of hydrogen-bond acceptors (Lipinski definition) is 4. The van der Waals surface area contributed by atoms with Gasteiger partial charge in [-0.05, 0) is 12.1 Å². The van der Waals surface area contributed by atoms with Crippen molar-refractivity contribution < 1.29 is 18.6 Å². The van der Waals surface area contributed by atoms with Gasteiger partial charge in [0.2, 0.25) is 9.84 Å². The molecule has 0 saturated heterocycles. The molecule has 0 aliphatic rings. The number of hydrogen-bond donors (Lipinski definition) is 2. The molecule has 2 aromatic carbocycles. The lowest BCUT2D eigenvalue weighted by Gasteiger charge is -2.08. The molecule has 0 radical (unpaired) electrons. The lowest BCUT2D eigenvalue weighted by Crippen LogP contribution is -2.02. The summed E-state index contributed by atoms with van der Waals surface area (Å²) in [5.74, 6) is -0.999. The van der Waals surface area contributed by atoms with Gasteiger partial charge in [0, 0.05) is 12.1 Å². The maximum atomic E-state index is 12.2. The summed E-state index contributed by atoms with van der Waals surface area (Å²) in [6.07, 6.45) is 0. The van der Waals surface area contributed by atoms with Crippen molar-refractivity contribution in [2.75, 3.05) is 0 Å². The molecule has 2 aromatic rings. The number of aromatic hydroxyl groups is 2. The first-order valence-electron chi connectivity index (χ1n) is 4.94. The number of halogens is 1. The molecule has 0 fully saturated rings. The van der Waals surface area contributed by atoms with E-state index in [0.29, 0.717) is 0 Å². The first-order chi connectivity index (χ1) is 8.43. The molecule has 94 valence electrons. The molecular weight excluding hydrogens is 276 g/mol. The molecule has 2 rings (SSSR count). The molecule has 0 heterocycles. The van der Waals surface area contributed by atoms with E-state index in [9.17, 15) is 18.6 Å². The molecule has 6 heteroatoms. The topological polar surface area (TPSA) is 74.6 Å². The highest BCUT2D eigenvalue weighted by atomic mass is 35.5. The predicted octanol–water partition coefficient (Wildman–Crippen LogP) is 2.58. The van der Waals surface area contributed by atoms with Crippen LogP contribution in [0.15, 0.2) is 52.3 Å².